The van der Waals surface area contributed by atoms with Crippen molar-refractivity contribution in [2.24, 2.45) is 0 Å². The van der Waals surface area contributed by atoms with Crippen LogP contribution in [-0.2, 0) is 4.79 Å². The van der Waals surface area contributed by atoms with E-state index in [9.17, 15) is 4.79 Å². The monoisotopic (exact) mass is 470 g/mol. The van der Waals surface area contributed by atoms with Gasteiger partial charge < -0.3 is 15.0 Å². The molecular weight excluding hydrogens is 447 g/mol. The number of aromatic nitrogens is 2. The van der Waals surface area contributed by atoms with Gasteiger partial charge in [0, 0.05) is 29.4 Å². The second kappa shape index (κ2) is 10.7. The van der Waals surface area contributed by atoms with Crippen LogP contribution < -0.4 is 15.0 Å². The maximum Gasteiger partial charge on any atom is 0.262 e. The number of nitrogens with zero attached hydrogens (tertiary/aromatic N) is 3. The third kappa shape index (κ3) is 5.90. The molecule has 166 valence electrons. The van der Waals surface area contributed by atoms with Gasteiger partial charge in [-0.15, -0.1) is 10.2 Å². The van der Waals surface area contributed by atoms with Crippen LogP contribution in [-0.4, -0.2) is 35.8 Å². The Morgan fingerprint density at radius 1 is 0.938 bits per heavy atom. The molecule has 1 N–H and O–H groups in total. The van der Waals surface area contributed by atoms with Crippen molar-refractivity contribution in [1.29, 1.82) is 0 Å². The summed E-state index contributed by atoms with van der Waals surface area (Å²) in [6, 6.07) is 16.3. The van der Waals surface area contributed by atoms with Crippen molar-refractivity contribution in [2.45, 2.75) is 25.7 Å². The van der Waals surface area contributed by atoms with E-state index in [1.165, 1.54) is 25.7 Å². The van der Waals surface area contributed by atoms with Gasteiger partial charge in [-0.05, 0) is 55.3 Å². The Morgan fingerprint density at radius 3 is 2.34 bits per heavy atom. The third-order valence-electron chi connectivity index (χ3n) is 5.30. The second-order valence-electron chi connectivity index (χ2n) is 7.67. The molecule has 1 amide bonds. The number of anilines is 2. The molecule has 6 nitrogen and oxygen atoms in total. The van der Waals surface area contributed by atoms with Gasteiger partial charge in [0.05, 0.1) is 10.7 Å². The highest BCUT2D eigenvalue weighted by Gasteiger charge is 2.12. The van der Waals surface area contributed by atoms with E-state index in [1.54, 1.807) is 18.2 Å². The molecular formula is C24H24Cl2N4O2. The predicted molar refractivity (Wildman–Crippen MR) is 129 cm³/mol. The zero-order chi connectivity index (χ0) is 22.3. The van der Waals surface area contributed by atoms with Crippen LogP contribution in [0.3, 0.4) is 0 Å². The lowest BCUT2D eigenvalue weighted by molar-refractivity contribution is -0.118. The summed E-state index contributed by atoms with van der Waals surface area (Å²) in [5.74, 6) is 1.05. The Morgan fingerprint density at radius 2 is 1.69 bits per heavy atom. The molecule has 4 rings (SSSR count). The van der Waals surface area contributed by atoms with Gasteiger partial charge in [0.2, 0.25) is 0 Å². The van der Waals surface area contributed by atoms with Crippen LogP contribution in [0.4, 0.5) is 11.5 Å². The van der Waals surface area contributed by atoms with Crippen molar-refractivity contribution in [3.63, 3.8) is 0 Å². The quantitative estimate of drug-likeness (QED) is 0.489. The number of hydrogen-bond acceptors (Lipinski definition) is 5. The number of carbonyl (C=O) groups is 1. The van der Waals surface area contributed by atoms with Crippen molar-refractivity contribution in [1.82, 2.24) is 10.2 Å². The molecule has 32 heavy (non-hydrogen) atoms. The minimum Gasteiger partial charge on any atom is -0.482 e. The molecule has 2 heterocycles. The highest BCUT2D eigenvalue weighted by Crippen LogP contribution is 2.27. The van der Waals surface area contributed by atoms with Crippen LogP contribution in [0.2, 0.25) is 10.0 Å². The fourth-order valence-electron chi connectivity index (χ4n) is 3.60. The minimum atomic E-state index is -0.287. The molecule has 1 aliphatic heterocycles. The lowest BCUT2D eigenvalue weighted by Gasteiger charge is -2.20. The van der Waals surface area contributed by atoms with Crippen LogP contribution in [0, 0.1) is 0 Å². The van der Waals surface area contributed by atoms with E-state index >= 15 is 0 Å². The number of hydrogen-bond donors (Lipinski definition) is 1. The van der Waals surface area contributed by atoms with Gasteiger partial charge in [0.1, 0.15) is 5.75 Å². The number of halogens is 2. The van der Waals surface area contributed by atoms with E-state index in [2.05, 4.69) is 20.4 Å². The van der Waals surface area contributed by atoms with Gasteiger partial charge >= 0.3 is 0 Å². The van der Waals surface area contributed by atoms with Gasteiger partial charge in [0.15, 0.2) is 12.4 Å². The van der Waals surface area contributed by atoms with Crippen LogP contribution >= 0.6 is 23.2 Å². The number of nitrogens with one attached hydrogen (secondary N) is 1. The van der Waals surface area contributed by atoms with E-state index in [-0.39, 0.29) is 12.5 Å². The average Bonchev–Trinajstić information content (AvgIpc) is 3.09. The average molecular weight is 471 g/mol. The fourth-order valence-corrected chi connectivity index (χ4v) is 4.07. The van der Waals surface area contributed by atoms with E-state index in [4.69, 9.17) is 27.9 Å². The SMILES string of the molecule is O=C(COc1ccc(Cl)cc1Cl)Nc1ccc(-c2ccc(N3CCCCCC3)nn2)cc1. The summed E-state index contributed by atoms with van der Waals surface area (Å²) in [5.41, 5.74) is 2.39. The van der Waals surface area contributed by atoms with Crippen molar-refractivity contribution in [3.8, 4) is 17.0 Å². The zero-order valence-electron chi connectivity index (χ0n) is 17.6. The van der Waals surface area contributed by atoms with Crippen LogP contribution in [0.25, 0.3) is 11.3 Å². The fraction of sp³-hybridized carbons (Fsp3) is 0.292. The van der Waals surface area contributed by atoms with Gasteiger partial charge in [-0.25, -0.2) is 0 Å². The van der Waals surface area contributed by atoms with E-state index < -0.39 is 0 Å². The summed E-state index contributed by atoms with van der Waals surface area (Å²) < 4.78 is 5.46. The topological polar surface area (TPSA) is 67.3 Å². The molecule has 0 radical (unpaired) electrons. The predicted octanol–water partition coefficient (Wildman–Crippen LogP) is 5.85. The van der Waals surface area contributed by atoms with Gasteiger partial charge in [-0.1, -0.05) is 48.2 Å². The molecule has 0 atom stereocenters. The Kier molecular flexibility index (Phi) is 7.45. The van der Waals surface area contributed by atoms with Gasteiger partial charge in [-0.3, -0.25) is 4.79 Å². The normalized spacial score (nSPS) is 14.0. The number of ether oxygens (including phenoxy) is 1. The highest BCUT2D eigenvalue weighted by atomic mass is 35.5. The molecule has 0 bridgehead atoms. The molecule has 2 aromatic carbocycles. The number of benzene rings is 2. The summed E-state index contributed by atoms with van der Waals surface area (Å²) in [5, 5.41) is 12.5. The molecule has 3 aromatic rings. The lowest BCUT2D eigenvalue weighted by atomic mass is 10.1. The Bertz CT molecular complexity index is 1050. The molecule has 0 unspecified atom stereocenters. The molecule has 1 aliphatic rings. The van der Waals surface area contributed by atoms with Crippen LogP contribution in [0.15, 0.2) is 54.6 Å². The Balaban J connectivity index is 1.32. The maximum atomic E-state index is 12.2. The molecule has 1 fully saturated rings. The van der Waals surface area contributed by atoms with Gasteiger partial charge in [0.25, 0.3) is 5.91 Å². The molecule has 0 saturated carbocycles. The molecule has 8 heteroatoms. The first-order chi connectivity index (χ1) is 15.6. The van der Waals surface area contributed by atoms with Crippen molar-refractivity contribution >= 4 is 40.6 Å². The van der Waals surface area contributed by atoms with E-state index in [0.717, 1.165) is 30.2 Å². The van der Waals surface area contributed by atoms with Crippen LogP contribution in [0.5, 0.6) is 5.75 Å². The van der Waals surface area contributed by atoms with Crippen molar-refractivity contribution in [3.05, 3.63) is 64.6 Å². The largest absolute Gasteiger partial charge is 0.482 e. The van der Waals surface area contributed by atoms with E-state index in [1.807, 2.05) is 36.4 Å². The summed E-state index contributed by atoms with van der Waals surface area (Å²) in [6.07, 6.45) is 4.97. The van der Waals surface area contributed by atoms with E-state index in [0.29, 0.717) is 21.5 Å². The summed E-state index contributed by atoms with van der Waals surface area (Å²) >= 11 is 11.9. The molecule has 0 spiro atoms. The molecule has 1 saturated heterocycles. The standard InChI is InChI=1S/C24H24Cl2N4O2/c25-18-7-11-22(20(26)15-18)32-16-24(31)27-19-8-5-17(6-9-19)21-10-12-23(29-28-21)30-13-3-1-2-4-14-30/h5-12,15H,1-4,13-14,16H2,(H,27,31). The summed E-state index contributed by atoms with van der Waals surface area (Å²) in [7, 11) is 0. The van der Waals surface area contributed by atoms with Gasteiger partial charge in [-0.2, -0.15) is 0 Å². The van der Waals surface area contributed by atoms with Crippen LogP contribution in [0.1, 0.15) is 25.7 Å². The lowest BCUT2D eigenvalue weighted by Crippen LogP contribution is -2.25. The number of rotatable bonds is 6. The smallest absolute Gasteiger partial charge is 0.262 e. The molecule has 0 aliphatic carbocycles. The third-order valence-corrected chi connectivity index (χ3v) is 5.83. The molecule has 1 aromatic heterocycles. The summed E-state index contributed by atoms with van der Waals surface area (Å²) in [4.78, 5) is 14.5. The second-order valence-corrected chi connectivity index (χ2v) is 8.51. The van der Waals surface area contributed by atoms with Crippen molar-refractivity contribution in [2.75, 3.05) is 29.9 Å². The van der Waals surface area contributed by atoms with Crippen molar-refractivity contribution < 1.29 is 9.53 Å². The summed E-state index contributed by atoms with van der Waals surface area (Å²) in [6.45, 7) is 1.92. The minimum absolute atomic E-state index is 0.160. The first-order valence-electron chi connectivity index (χ1n) is 10.7. The maximum absolute atomic E-state index is 12.2. The number of carbonyl (C=O) groups excluding carboxylic acids is 1. The Hall–Kier alpha value is -2.83. The zero-order valence-corrected chi connectivity index (χ0v) is 19.1. The first kappa shape index (κ1) is 22.4. The Labute approximate surface area is 197 Å². The number of amides is 1. The highest BCUT2D eigenvalue weighted by molar-refractivity contribution is 6.35. The first-order valence-corrected chi connectivity index (χ1v) is 11.4.